The lowest BCUT2D eigenvalue weighted by Crippen LogP contribution is -2.07. The third kappa shape index (κ3) is 2.96. The number of hydrogen-bond acceptors (Lipinski definition) is 3. The first-order chi connectivity index (χ1) is 5.68. The minimum atomic E-state index is -2.52. The van der Waals surface area contributed by atoms with Crippen molar-refractivity contribution in [2.45, 2.75) is 6.43 Å². The van der Waals surface area contributed by atoms with Gasteiger partial charge in [0.25, 0.3) is 6.43 Å². The summed E-state index contributed by atoms with van der Waals surface area (Å²) in [7, 11) is 0. The van der Waals surface area contributed by atoms with Gasteiger partial charge in [-0.25, -0.2) is 18.7 Å². The van der Waals surface area contributed by atoms with Gasteiger partial charge < -0.3 is 4.74 Å². The van der Waals surface area contributed by atoms with E-state index in [1.807, 2.05) is 0 Å². The van der Waals surface area contributed by atoms with Crippen molar-refractivity contribution < 1.29 is 13.5 Å². The third-order valence-electron chi connectivity index (χ3n) is 0.966. The molecule has 0 saturated heterocycles. The fourth-order valence-corrected chi connectivity index (χ4v) is 0.682. The van der Waals surface area contributed by atoms with Gasteiger partial charge in [-0.2, -0.15) is 0 Å². The maximum absolute atomic E-state index is 11.6. The van der Waals surface area contributed by atoms with Gasteiger partial charge in [0.1, 0.15) is 11.5 Å². The van der Waals surface area contributed by atoms with Crippen LogP contribution >= 0.6 is 11.6 Å². The summed E-state index contributed by atoms with van der Waals surface area (Å²) in [6, 6.07) is 1.27. The van der Waals surface area contributed by atoms with Crippen LogP contribution in [0.1, 0.15) is 0 Å². The van der Waals surface area contributed by atoms with Crippen LogP contribution in [-0.2, 0) is 0 Å². The van der Waals surface area contributed by atoms with Crippen molar-refractivity contribution in [2.75, 3.05) is 6.61 Å². The van der Waals surface area contributed by atoms with Crippen molar-refractivity contribution in [3.05, 3.63) is 17.5 Å². The first kappa shape index (κ1) is 9.12. The minimum Gasteiger partial charge on any atom is -0.471 e. The molecule has 0 saturated carbocycles. The highest BCUT2D eigenvalue weighted by molar-refractivity contribution is 6.29. The number of halogens is 3. The van der Waals surface area contributed by atoms with E-state index in [0.717, 1.165) is 6.33 Å². The molecule has 0 atom stereocenters. The normalized spacial score (nSPS) is 10.3. The average Bonchev–Trinajstić information content (AvgIpc) is 2.01. The summed E-state index contributed by atoms with van der Waals surface area (Å²) in [5.74, 6) is 0.0512. The smallest absolute Gasteiger partial charge is 0.272 e. The molecule has 0 bridgehead atoms. The maximum atomic E-state index is 11.6. The number of ether oxygens (including phenoxy) is 1. The highest BCUT2D eigenvalue weighted by Crippen LogP contribution is 2.11. The lowest BCUT2D eigenvalue weighted by Gasteiger charge is -2.02. The molecule has 0 fully saturated rings. The first-order valence-corrected chi connectivity index (χ1v) is 3.45. The summed E-state index contributed by atoms with van der Waals surface area (Å²) in [5.41, 5.74) is 0. The lowest BCUT2D eigenvalue weighted by atomic mass is 10.6. The van der Waals surface area contributed by atoms with Gasteiger partial charge in [0.2, 0.25) is 5.88 Å². The van der Waals surface area contributed by atoms with E-state index in [2.05, 4.69) is 14.7 Å². The van der Waals surface area contributed by atoms with E-state index in [-0.39, 0.29) is 11.0 Å². The van der Waals surface area contributed by atoms with E-state index < -0.39 is 13.0 Å². The predicted molar refractivity (Wildman–Crippen MR) is 38.5 cm³/mol. The lowest BCUT2D eigenvalue weighted by molar-refractivity contribution is 0.0795. The Labute approximate surface area is 72.3 Å². The van der Waals surface area contributed by atoms with Gasteiger partial charge in [-0.1, -0.05) is 11.6 Å². The topological polar surface area (TPSA) is 35.0 Å². The zero-order valence-corrected chi connectivity index (χ0v) is 6.63. The van der Waals surface area contributed by atoms with Crippen molar-refractivity contribution in [1.82, 2.24) is 9.97 Å². The number of aromatic nitrogens is 2. The van der Waals surface area contributed by atoms with Crippen molar-refractivity contribution in [3.63, 3.8) is 0 Å². The van der Waals surface area contributed by atoms with Crippen LogP contribution in [0.15, 0.2) is 12.4 Å². The first-order valence-electron chi connectivity index (χ1n) is 3.07. The van der Waals surface area contributed by atoms with E-state index in [0.29, 0.717) is 0 Å². The van der Waals surface area contributed by atoms with E-state index in [1.165, 1.54) is 6.07 Å². The van der Waals surface area contributed by atoms with E-state index in [4.69, 9.17) is 11.6 Å². The molecule has 0 amide bonds. The van der Waals surface area contributed by atoms with Gasteiger partial charge in [-0.15, -0.1) is 0 Å². The summed E-state index contributed by atoms with van der Waals surface area (Å²) < 4.78 is 27.8. The molecule has 0 spiro atoms. The number of nitrogens with zero attached hydrogens (tertiary/aromatic N) is 2. The zero-order chi connectivity index (χ0) is 8.97. The molecule has 0 aliphatic heterocycles. The zero-order valence-electron chi connectivity index (χ0n) is 5.88. The summed E-state index contributed by atoms with van der Waals surface area (Å²) in [4.78, 5) is 7.11. The van der Waals surface area contributed by atoms with Crippen molar-refractivity contribution in [1.29, 1.82) is 0 Å². The molecule has 0 aromatic carbocycles. The Balaban J connectivity index is 2.52. The van der Waals surface area contributed by atoms with Crippen LogP contribution < -0.4 is 4.74 Å². The number of hydrogen-bond donors (Lipinski definition) is 0. The Morgan fingerprint density at radius 3 is 2.83 bits per heavy atom. The van der Waals surface area contributed by atoms with Gasteiger partial charge in [-0.3, -0.25) is 0 Å². The second kappa shape index (κ2) is 4.15. The standard InChI is InChI=1S/C6H5ClF2N2O/c7-4-1-6(11-3-10-4)12-2-5(8)9/h1,3,5H,2H2. The van der Waals surface area contributed by atoms with Gasteiger partial charge in [0, 0.05) is 6.07 Å². The van der Waals surface area contributed by atoms with Crippen molar-refractivity contribution in [2.24, 2.45) is 0 Å². The van der Waals surface area contributed by atoms with Crippen LogP contribution in [0.25, 0.3) is 0 Å². The van der Waals surface area contributed by atoms with Crippen LogP contribution in [0, 0.1) is 0 Å². The van der Waals surface area contributed by atoms with Crippen LogP contribution in [0.2, 0.25) is 5.15 Å². The fraction of sp³-hybridized carbons (Fsp3) is 0.333. The number of rotatable bonds is 3. The Hall–Kier alpha value is -0.970. The Morgan fingerprint density at radius 2 is 2.25 bits per heavy atom. The fourth-order valence-electron chi connectivity index (χ4n) is 0.545. The summed E-state index contributed by atoms with van der Waals surface area (Å²) in [6.07, 6.45) is -1.37. The largest absolute Gasteiger partial charge is 0.471 e. The molecule has 66 valence electrons. The number of alkyl halides is 2. The third-order valence-corrected chi connectivity index (χ3v) is 1.17. The van der Waals surface area contributed by atoms with Gasteiger partial charge in [0.05, 0.1) is 0 Å². The molecule has 1 rings (SSSR count). The van der Waals surface area contributed by atoms with Crippen LogP contribution in [0.4, 0.5) is 8.78 Å². The molecule has 0 aliphatic rings. The van der Waals surface area contributed by atoms with Crippen LogP contribution in [-0.4, -0.2) is 23.0 Å². The molecule has 0 radical (unpaired) electrons. The molecule has 6 heteroatoms. The Morgan fingerprint density at radius 1 is 1.50 bits per heavy atom. The Kier molecular flexibility index (Phi) is 3.16. The van der Waals surface area contributed by atoms with E-state index >= 15 is 0 Å². The monoisotopic (exact) mass is 194 g/mol. The molecule has 1 aromatic rings. The Bertz CT molecular complexity index is 259. The van der Waals surface area contributed by atoms with Gasteiger partial charge in [0.15, 0.2) is 6.61 Å². The second-order valence-electron chi connectivity index (χ2n) is 1.88. The summed E-state index contributed by atoms with van der Waals surface area (Å²) in [6.45, 7) is -0.687. The maximum Gasteiger partial charge on any atom is 0.272 e. The minimum absolute atomic E-state index is 0.0512. The quantitative estimate of drug-likeness (QED) is 0.688. The SMILES string of the molecule is FC(F)COc1cc(Cl)ncn1. The predicted octanol–water partition coefficient (Wildman–Crippen LogP) is 1.77. The highest BCUT2D eigenvalue weighted by atomic mass is 35.5. The van der Waals surface area contributed by atoms with Gasteiger partial charge in [-0.05, 0) is 0 Å². The van der Waals surface area contributed by atoms with Crippen LogP contribution in [0.5, 0.6) is 5.88 Å². The van der Waals surface area contributed by atoms with E-state index in [1.54, 1.807) is 0 Å². The van der Waals surface area contributed by atoms with Crippen molar-refractivity contribution in [3.8, 4) is 5.88 Å². The molecular formula is C6H5ClF2N2O. The molecule has 12 heavy (non-hydrogen) atoms. The van der Waals surface area contributed by atoms with Crippen molar-refractivity contribution >= 4 is 11.6 Å². The molecule has 0 aliphatic carbocycles. The molecule has 3 nitrogen and oxygen atoms in total. The summed E-state index contributed by atoms with van der Waals surface area (Å²) in [5, 5.41) is 0.161. The molecular weight excluding hydrogens is 190 g/mol. The molecule has 0 N–H and O–H groups in total. The second-order valence-corrected chi connectivity index (χ2v) is 2.27. The average molecular weight is 195 g/mol. The van der Waals surface area contributed by atoms with Crippen LogP contribution in [0.3, 0.4) is 0 Å². The summed E-state index contributed by atoms with van der Waals surface area (Å²) >= 11 is 5.44. The molecule has 1 aromatic heterocycles. The van der Waals surface area contributed by atoms with E-state index in [9.17, 15) is 8.78 Å². The molecule has 1 heterocycles. The van der Waals surface area contributed by atoms with Gasteiger partial charge >= 0.3 is 0 Å². The molecule has 0 unspecified atom stereocenters. The highest BCUT2D eigenvalue weighted by Gasteiger charge is 2.04.